The molecule has 0 unspecified atom stereocenters. The minimum atomic E-state index is 0.858. The molecular formula is C35H24N2O+2. The van der Waals surface area contributed by atoms with Gasteiger partial charge in [0, 0.05) is 41.1 Å². The van der Waals surface area contributed by atoms with Gasteiger partial charge in [-0.3, -0.25) is 0 Å². The molecule has 0 aliphatic rings. The van der Waals surface area contributed by atoms with Crippen LogP contribution in [0.15, 0.2) is 132 Å². The molecule has 0 aliphatic heterocycles. The van der Waals surface area contributed by atoms with Crippen LogP contribution in [0.1, 0.15) is 5.56 Å². The number of nitrogens with zero attached hydrogens (tertiary/aromatic N) is 2. The molecule has 0 atom stereocenters. The van der Waals surface area contributed by atoms with E-state index < -0.39 is 0 Å². The van der Waals surface area contributed by atoms with Gasteiger partial charge in [-0.2, -0.15) is 8.80 Å². The van der Waals surface area contributed by atoms with Crippen molar-refractivity contribution in [3.8, 4) is 0 Å². The molecule has 0 aliphatic carbocycles. The van der Waals surface area contributed by atoms with E-state index in [4.69, 9.17) is 4.42 Å². The van der Waals surface area contributed by atoms with Crippen LogP contribution in [0.4, 0.5) is 0 Å². The molecule has 3 nitrogen and oxygen atoms in total. The molecule has 0 fully saturated rings. The lowest BCUT2D eigenvalue weighted by atomic mass is 10.0. The van der Waals surface area contributed by atoms with Gasteiger partial charge in [-0.1, -0.05) is 54.6 Å². The molecular weight excluding hydrogens is 464 g/mol. The molecule has 0 saturated heterocycles. The second kappa shape index (κ2) is 7.99. The standard InChI is InChI=1S/C35H24N2O/c1-23-17-19-37-31-14-6-4-13-27(31)30-15-8-9-18-36(30)33-22-35-28(21-29(33)32(37)20-23)25-11-3-2-10-24(25)26-12-5-7-16-34(26)38-35/h2-22H,1H3/q+2. The molecule has 38 heavy (non-hydrogen) atoms. The van der Waals surface area contributed by atoms with Crippen molar-refractivity contribution in [3.63, 3.8) is 0 Å². The number of aromatic nitrogens is 2. The molecule has 0 saturated carbocycles. The summed E-state index contributed by atoms with van der Waals surface area (Å²) in [6.07, 6.45) is 4.35. The first kappa shape index (κ1) is 21.1. The van der Waals surface area contributed by atoms with Gasteiger partial charge in [-0.25, -0.2) is 0 Å². The summed E-state index contributed by atoms with van der Waals surface area (Å²) >= 11 is 0. The minimum Gasteiger partial charge on any atom is -0.456 e. The maximum atomic E-state index is 6.70. The van der Waals surface area contributed by atoms with Crippen molar-refractivity contribution >= 4 is 65.6 Å². The highest BCUT2D eigenvalue weighted by molar-refractivity contribution is 6.16. The van der Waals surface area contributed by atoms with Gasteiger partial charge < -0.3 is 4.42 Å². The van der Waals surface area contributed by atoms with Crippen LogP contribution in [0.2, 0.25) is 0 Å². The van der Waals surface area contributed by atoms with Crippen LogP contribution in [-0.4, -0.2) is 0 Å². The summed E-state index contributed by atoms with van der Waals surface area (Å²) < 4.78 is 11.3. The predicted molar refractivity (Wildman–Crippen MR) is 155 cm³/mol. The van der Waals surface area contributed by atoms with E-state index in [2.05, 4.69) is 137 Å². The fourth-order valence-corrected chi connectivity index (χ4v) is 5.91. The topological polar surface area (TPSA) is 21.3 Å². The summed E-state index contributed by atoms with van der Waals surface area (Å²) in [5.41, 5.74) is 7.49. The van der Waals surface area contributed by atoms with Crippen molar-refractivity contribution in [1.29, 1.82) is 0 Å². The van der Waals surface area contributed by atoms with Crippen molar-refractivity contribution in [2.24, 2.45) is 0 Å². The van der Waals surface area contributed by atoms with E-state index >= 15 is 0 Å². The summed E-state index contributed by atoms with van der Waals surface area (Å²) in [4.78, 5) is 0. The van der Waals surface area contributed by atoms with Gasteiger partial charge in [-0.15, -0.1) is 0 Å². The van der Waals surface area contributed by atoms with Gasteiger partial charge in [0.05, 0.1) is 6.07 Å². The normalized spacial score (nSPS) is 11.8. The minimum absolute atomic E-state index is 0.858. The van der Waals surface area contributed by atoms with Crippen molar-refractivity contribution in [2.45, 2.75) is 6.92 Å². The van der Waals surface area contributed by atoms with Crippen LogP contribution >= 0.6 is 0 Å². The molecule has 0 bridgehead atoms. The van der Waals surface area contributed by atoms with Crippen LogP contribution in [0.5, 0.6) is 0 Å². The fourth-order valence-electron chi connectivity index (χ4n) is 5.91. The molecule has 0 spiro atoms. The maximum absolute atomic E-state index is 6.70. The average Bonchev–Trinajstić information content (AvgIpc) is 3.10. The number of para-hydroxylation sites is 2. The molecule has 4 heterocycles. The molecule has 4 aromatic heterocycles. The highest BCUT2D eigenvalue weighted by Crippen LogP contribution is 2.33. The van der Waals surface area contributed by atoms with Crippen molar-refractivity contribution in [1.82, 2.24) is 0 Å². The van der Waals surface area contributed by atoms with Gasteiger partial charge in [0.2, 0.25) is 22.1 Å². The van der Waals surface area contributed by atoms with E-state index in [0.717, 1.165) is 49.4 Å². The molecule has 0 amide bonds. The van der Waals surface area contributed by atoms with Crippen LogP contribution in [0.25, 0.3) is 65.6 Å². The number of hydrogen-bond donors (Lipinski definition) is 0. The molecule has 8 rings (SSSR count). The van der Waals surface area contributed by atoms with E-state index in [9.17, 15) is 0 Å². The number of aryl methyl sites for hydroxylation is 1. The predicted octanol–water partition coefficient (Wildman–Crippen LogP) is 7.96. The Morgan fingerprint density at radius 2 is 1.03 bits per heavy atom. The first-order valence-corrected chi connectivity index (χ1v) is 12.9. The van der Waals surface area contributed by atoms with Gasteiger partial charge in [0.15, 0.2) is 12.4 Å². The third kappa shape index (κ3) is 3.02. The Bertz CT molecular complexity index is 2310. The molecule has 4 aromatic carbocycles. The highest BCUT2D eigenvalue weighted by atomic mass is 16.3. The molecule has 8 aromatic rings. The average molecular weight is 489 g/mol. The van der Waals surface area contributed by atoms with Crippen LogP contribution in [0.3, 0.4) is 0 Å². The smallest absolute Gasteiger partial charge is 0.228 e. The second-order valence-electron chi connectivity index (χ2n) is 9.94. The van der Waals surface area contributed by atoms with Crippen LogP contribution < -0.4 is 8.80 Å². The fraction of sp³-hybridized carbons (Fsp3) is 0.0286. The van der Waals surface area contributed by atoms with Gasteiger partial charge in [0.1, 0.15) is 21.9 Å². The molecule has 0 radical (unpaired) electrons. The zero-order valence-corrected chi connectivity index (χ0v) is 20.9. The zero-order chi connectivity index (χ0) is 25.2. The second-order valence-corrected chi connectivity index (χ2v) is 9.94. The van der Waals surface area contributed by atoms with E-state index in [1.807, 2.05) is 6.07 Å². The SMILES string of the molecule is Cc1cc[n+]2c3ccccc3c3cccc[n+]3c3cc4oc5ccccc5c5ccccc5c4cc3c2c1. The van der Waals surface area contributed by atoms with Crippen LogP contribution in [-0.2, 0) is 0 Å². The number of fused-ring (bicyclic) bond motifs is 13. The van der Waals surface area contributed by atoms with E-state index in [1.54, 1.807) is 0 Å². The quantitative estimate of drug-likeness (QED) is 0.198. The van der Waals surface area contributed by atoms with E-state index in [-0.39, 0.29) is 0 Å². The largest absolute Gasteiger partial charge is 0.456 e. The van der Waals surface area contributed by atoms with E-state index in [0.29, 0.717) is 0 Å². The molecule has 178 valence electrons. The zero-order valence-electron chi connectivity index (χ0n) is 20.9. The van der Waals surface area contributed by atoms with E-state index in [1.165, 1.54) is 21.7 Å². The Labute approximate surface area is 218 Å². The van der Waals surface area contributed by atoms with Gasteiger partial charge in [0.25, 0.3) is 0 Å². The monoisotopic (exact) mass is 488 g/mol. The highest BCUT2D eigenvalue weighted by Gasteiger charge is 2.21. The van der Waals surface area contributed by atoms with Crippen molar-refractivity contribution in [3.05, 3.63) is 133 Å². The van der Waals surface area contributed by atoms with Gasteiger partial charge in [-0.05, 0) is 47.5 Å². The number of pyridine rings is 2. The third-order valence-electron chi connectivity index (χ3n) is 7.66. The Morgan fingerprint density at radius 3 is 1.84 bits per heavy atom. The van der Waals surface area contributed by atoms with Crippen LogP contribution in [0, 0.1) is 6.92 Å². The lowest BCUT2D eigenvalue weighted by molar-refractivity contribution is -0.488. The molecule has 3 heteroatoms. The number of benzene rings is 4. The Kier molecular flexibility index (Phi) is 4.44. The summed E-state index contributed by atoms with van der Waals surface area (Å²) in [5.74, 6) is 0. The molecule has 0 N–H and O–H groups in total. The Hall–Kier alpha value is -5.02. The summed E-state index contributed by atoms with van der Waals surface area (Å²) in [6, 6.07) is 41.0. The Balaban J connectivity index is 1.77. The maximum Gasteiger partial charge on any atom is 0.228 e. The number of hydrogen-bond acceptors (Lipinski definition) is 1. The Morgan fingerprint density at radius 1 is 0.421 bits per heavy atom. The lowest BCUT2D eigenvalue weighted by Crippen LogP contribution is -2.27. The van der Waals surface area contributed by atoms with Gasteiger partial charge >= 0.3 is 0 Å². The summed E-state index contributed by atoms with van der Waals surface area (Å²) in [5, 5.41) is 6.90. The first-order valence-electron chi connectivity index (χ1n) is 12.9. The third-order valence-corrected chi connectivity index (χ3v) is 7.66. The lowest BCUT2D eigenvalue weighted by Gasteiger charge is -2.03. The summed E-state index contributed by atoms with van der Waals surface area (Å²) in [6.45, 7) is 2.16. The van der Waals surface area contributed by atoms with Crippen molar-refractivity contribution < 1.29 is 13.2 Å². The van der Waals surface area contributed by atoms with Crippen molar-refractivity contribution in [2.75, 3.05) is 0 Å². The summed E-state index contributed by atoms with van der Waals surface area (Å²) in [7, 11) is 0. The number of rotatable bonds is 0. The first-order chi connectivity index (χ1) is 18.8.